The summed E-state index contributed by atoms with van der Waals surface area (Å²) in [6, 6.07) is 0. The van der Waals surface area contributed by atoms with Crippen molar-refractivity contribution in [3.05, 3.63) is 17.5 Å². The maximum atomic E-state index is 5.37. The van der Waals surface area contributed by atoms with Crippen LogP contribution in [0.5, 0.6) is 0 Å². The van der Waals surface area contributed by atoms with Crippen molar-refractivity contribution in [2.24, 2.45) is 5.73 Å². The molecule has 0 spiro atoms. The van der Waals surface area contributed by atoms with Crippen LogP contribution in [0.4, 0.5) is 5.95 Å². The molecule has 4 heteroatoms. The van der Waals surface area contributed by atoms with Crippen LogP contribution >= 0.6 is 0 Å². The fraction of sp³-hybridized carbons (Fsp3) is 0.556. The van der Waals surface area contributed by atoms with E-state index < -0.39 is 0 Å². The second-order valence-corrected chi connectivity index (χ2v) is 3.23. The molecule has 0 amide bonds. The zero-order valence-corrected chi connectivity index (χ0v) is 7.58. The summed E-state index contributed by atoms with van der Waals surface area (Å²) in [5, 5.41) is 3.08. The van der Waals surface area contributed by atoms with Crippen LogP contribution < -0.4 is 11.1 Å². The lowest BCUT2D eigenvalue weighted by Gasteiger charge is -2.04. The Kier molecular flexibility index (Phi) is 2.40. The highest BCUT2D eigenvalue weighted by Crippen LogP contribution is 2.19. The SMILES string of the molecule is NCCNc1ncc2c(n1)CCC2. The quantitative estimate of drug-likeness (QED) is 0.700. The normalized spacial score (nSPS) is 14.2. The van der Waals surface area contributed by atoms with Gasteiger partial charge in [0.25, 0.3) is 0 Å². The van der Waals surface area contributed by atoms with Crippen LogP contribution in [-0.4, -0.2) is 23.1 Å². The van der Waals surface area contributed by atoms with Gasteiger partial charge in [-0.25, -0.2) is 9.97 Å². The first-order chi connectivity index (χ1) is 6.40. The van der Waals surface area contributed by atoms with Crippen LogP contribution in [0.3, 0.4) is 0 Å². The van der Waals surface area contributed by atoms with Crippen LogP contribution in [0.1, 0.15) is 17.7 Å². The Balaban J connectivity index is 2.12. The van der Waals surface area contributed by atoms with Crippen LogP contribution in [0.25, 0.3) is 0 Å². The second-order valence-electron chi connectivity index (χ2n) is 3.23. The minimum atomic E-state index is 0.612. The molecule has 0 saturated carbocycles. The Bertz CT molecular complexity index is 298. The van der Waals surface area contributed by atoms with Crippen molar-refractivity contribution < 1.29 is 0 Å². The third-order valence-electron chi connectivity index (χ3n) is 2.24. The van der Waals surface area contributed by atoms with E-state index in [4.69, 9.17) is 5.73 Å². The van der Waals surface area contributed by atoms with Crippen molar-refractivity contribution in [1.82, 2.24) is 9.97 Å². The molecule has 0 aromatic carbocycles. The van der Waals surface area contributed by atoms with Crippen LogP contribution in [0.2, 0.25) is 0 Å². The zero-order chi connectivity index (χ0) is 9.10. The van der Waals surface area contributed by atoms with Crippen LogP contribution in [0.15, 0.2) is 6.20 Å². The van der Waals surface area contributed by atoms with Gasteiger partial charge in [0.2, 0.25) is 5.95 Å². The van der Waals surface area contributed by atoms with Crippen LogP contribution in [-0.2, 0) is 12.8 Å². The monoisotopic (exact) mass is 178 g/mol. The minimum Gasteiger partial charge on any atom is -0.353 e. The number of aromatic nitrogens is 2. The highest BCUT2D eigenvalue weighted by atomic mass is 15.1. The molecule has 1 aliphatic carbocycles. The summed E-state index contributed by atoms with van der Waals surface area (Å²) in [7, 11) is 0. The number of rotatable bonds is 3. The number of anilines is 1. The summed E-state index contributed by atoms with van der Waals surface area (Å²) in [6.07, 6.45) is 5.36. The molecule has 0 bridgehead atoms. The van der Waals surface area contributed by atoms with Gasteiger partial charge < -0.3 is 11.1 Å². The van der Waals surface area contributed by atoms with Gasteiger partial charge in [-0.3, -0.25) is 0 Å². The van der Waals surface area contributed by atoms with E-state index in [0.29, 0.717) is 12.5 Å². The molecular formula is C9H14N4. The third kappa shape index (κ3) is 1.78. The lowest BCUT2D eigenvalue weighted by molar-refractivity contribution is 0.898. The summed E-state index contributed by atoms with van der Waals surface area (Å²) in [5.41, 5.74) is 7.88. The smallest absolute Gasteiger partial charge is 0.222 e. The van der Waals surface area contributed by atoms with Crippen molar-refractivity contribution in [2.45, 2.75) is 19.3 Å². The highest BCUT2D eigenvalue weighted by molar-refractivity contribution is 5.31. The second kappa shape index (κ2) is 3.70. The van der Waals surface area contributed by atoms with E-state index in [9.17, 15) is 0 Å². The molecule has 0 atom stereocenters. The van der Waals surface area contributed by atoms with Crippen LogP contribution in [0, 0.1) is 0 Å². The maximum Gasteiger partial charge on any atom is 0.222 e. The first-order valence-electron chi connectivity index (χ1n) is 4.69. The molecule has 1 aromatic rings. The first-order valence-corrected chi connectivity index (χ1v) is 4.69. The number of fused-ring (bicyclic) bond motifs is 1. The molecule has 0 aliphatic heterocycles. The molecule has 1 heterocycles. The Morgan fingerprint density at radius 2 is 2.38 bits per heavy atom. The number of aryl methyl sites for hydroxylation is 2. The standard InChI is InChI=1S/C9H14N4/c10-4-5-11-9-12-6-7-2-1-3-8(7)13-9/h6H,1-5,10H2,(H,11,12,13). The summed E-state index contributed by atoms with van der Waals surface area (Å²) >= 11 is 0. The molecule has 1 aliphatic rings. The Hall–Kier alpha value is -1.16. The molecule has 0 unspecified atom stereocenters. The van der Waals surface area contributed by atoms with Gasteiger partial charge in [-0.2, -0.15) is 0 Å². The van der Waals surface area contributed by atoms with Gasteiger partial charge in [0.05, 0.1) is 0 Å². The molecule has 0 fully saturated rings. The number of hydrogen-bond acceptors (Lipinski definition) is 4. The summed E-state index contributed by atoms with van der Waals surface area (Å²) in [4.78, 5) is 8.62. The van der Waals surface area contributed by atoms with E-state index in [1.54, 1.807) is 0 Å². The number of nitrogens with one attached hydrogen (secondary N) is 1. The van der Waals surface area contributed by atoms with Crippen molar-refractivity contribution in [2.75, 3.05) is 18.4 Å². The van der Waals surface area contributed by atoms with Crippen molar-refractivity contribution in [3.63, 3.8) is 0 Å². The highest BCUT2D eigenvalue weighted by Gasteiger charge is 2.12. The predicted molar refractivity (Wildman–Crippen MR) is 51.6 cm³/mol. The van der Waals surface area contributed by atoms with Gasteiger partial charge >= 0.3 is 0 Å². The largest absolute Gasteiger partial charge is 0.353 e. The van der Waals surface area contributed by atoms with Gasteiger partial charge in [-0.05, 0) is 24.8 Å². The van der Waals surface area contributed by atoms with E-state index >= 15 is 0 Å². The molecule has 13 heavy (non-hydrogen) atoms. The Labute approximate surface area is 77.6 Å². The Morgan fingerprint density at radius 3 is 3.23 bits per heavy atom. The van der Waals surface area contributed by atoms with Crippen molar-refractivity contribution in [1.29, 1.82) is 0 Å². The molecule has 3 N–H and O–H groups in total. The number of nitrogens with two attached hydrogens (primary N) is 1. The fourth-order valence-corrected chi connectivity index (χ4v) is 1.58. The molecule has 0 saturated heterocycles. The number of nitrogens with zero attached hydrogens (tertiary/aromatic N) is 2. The third-order valence-corrected chi connectivity index (χ3v) is 2.24. The summed E-state index contributed by atoms with van der Waals surface area (Å²) in [6.45, 7) is 1.35. The molecule has 1 aromatic heterocycles. The fourth-order valence-electron chi connectivity index (χ4n) is 1.58. The lowest BCUT2D eigenvalue weighted by atomic mass is 10.3. The molecule has 70 valence electrons. The number of hydrogen-bond donors (Lipinski definition) is 2. The van der Waals surface area contributed by atoms with Gasteiger partial charge in [0.15, 0.2) is 0 Å². The summed E-state index contributed by atoms with van der Waals surface area (Å²) < 4.78 is 0. The topological polar surface area (TPSA) is 63.8 Å². The van der Waals surface area contributed by atoms with Gasteiger partial charge in [0, 0.05) is 25.0 Å². The molecule has 2 rings (SSSR count). The van der Waals surface area contributed by atoms with E-state index in [1.807, 2.05) is 6.20 Å². The zero-order valence-electron chi connectivity index (χ0n) is 7.58. The van der Waals surface area contributed by atoms with Gasteiger partial charge in [0.1, 0.15) is 0 Å². The van der Waals surface area contributed by atoms with E-state index in [-0.39, 0.29) is 0 Å². The van der Waals surface area contributed by atoms with Crippen molar-refractivity contribution >= 4 is 5.95 Å². The first kappa shape index (κ1) is 8.44. The maximum absolute atomic E-state index is 5.37. The lowest BCUT2D eigenvalue weighted by Crippen LogP contribution is -2.15. The average molecular weight is 178 g/mol. The van der Waals surface area contributed by atoms with Crippen molar-refractivity contribution in [3.8, 4) is 0 Å². The minimum absolute atomic E-state index is 0.612. The molecule has 4 nitrogen and oxygen atoms in total. The van der Waals surface area contributed by atoms with E-state index in [0.717, 1.165) is 19.4 Å². The summed E-state index contributed by atoms with van der Waals surface area (Å²) in [5.74, 6) is 0.714. The average Bonchev–Trinajstić information content (AvgIpc) is 2.61. The van der Waals surface area contributed by atoms with E-state index in [2.05, 4.69) is 15.3 Å². The predicted octanol–water partition coefficient (Wildman–Crippen LogP) is 0.336. The van der Waals surface area contributed by atoms with Gasteiger partial charge in [-0.15, -0.1) is 0 Å². The van der Waals surface area contributed by atoms with E-state index in [1.165, 1.54) is 17.7 Å². The van der Waals surface area contributed by atoms with Gasteiger partial charge in [-0.1, -0.05) is 0 Å². The molecule has 0 radical (unpaired) electrons. The molecular weight excluding hydrogens is 164 g/mol. The Morgan fingerprint density at radius 1 is 1.46 bits per heavy atom.